The molecule has 1 fully saturated rings. The summed E-state index contributed by atoms with van der Waals surface area (Å²) in [6.45, 7) is 6.07. The van der Waals surface area contributed by atoms with Crippen LogP contribution in [0.25, 0.3) is 0 Å². The fraction of sp³-hybridized carbons (Fsp3) is 0.429. The molecule has 22 heavy (non-hydrogen) atoms. The minimum atomic E-state index is -0.344. The summed E-state index contributed by atoms with van der Waals surface area (Å²) < 4.78 is 5.08. The van der Waals surface area contributed by atoms with E-state index in [0.717, 1.165) is 44.2 Å². The molecule has 3 rings (SSSR count). The second kappa shape index (κ2) is 6.10. The van der Waals surface area contributed by atoms with Crippen molar-refractivity contribution in [1.82, 2.24) is 5.16 Å². The molecule has 2 aromatic heterocycles. The van der Waals surface area contributed by atoms with E-state index in [0.29, 0.717) is 5.82 Å². The molecule has 0 aliphatic carbocycles. The monoisotopic (exact) mass is 305 g/mol. The Kier molecular flexibility index (Phi) is 4.01. The van der Waals surface area contributed by atoms with Crippen molar-refractivity contribution in [3.63, 3.8) is 0 Å². The molecule has 0 bridgehead atoms. The first-order chi connectivity index (χ1) is 10.6. The Morgan fingerprint density at radius 1 is 1.50 bits per heavy atom. The SMILES string of the molecule is Cc1cc(C[NH+]2CCN(c3[nH+]cccc3[N+](=O)[O-])CC2)no1. The van der Waals surface area contributed by atoms with Crippen molar-refractivity contribution in [2.45, 2.75) is 13.5 Å². The van der Waals surface area contributed by atoms with Crippen molar-refractivity contribution >= 4 is 11.5 Å². The summed E-state index contributed by atoms with van der Waals surface area (Å²) in [6, 6.07) is 5.13. The lowest BCUT2D eigenvalue weighted by molar-refractivity contribution is -0.914. The standard InChI is InChI=1S/C14H17N5O3/c1-11-9-12(16-22-11)10-17-5-7-18(8-6-17)14-13(19(20)21)3-2-4-15-14/h2-4,9H,5-8,10H2,1H3/p+2. The predicted octanol–water partition coefficient (Wildman–Crippen LogP) is -0.390. The number of nitro groups is 1. The zero-order valence-electron chi connectivity index (χ0n) is 12.4. The number of piperazine rings is 1. The number of hydrogen-bond acceptors (Lipinski definition) is 5. The average Bonchev–Trinajstić information content (AvgIpc) is 2.93. The molecule has 0 amide bonds. The van der Waals surface area contributed by atoms with Gasteiger partial charge in [0.15, 0.2) is 0 Å². The zero-order valence-corrected chi connectivity index (χ0v) is 12.4. The summed E-state index contributed by atoms with van der Waals surface area (Å²) in [5, 5.41) is 15.1. The van der Waals surface area contributed by atoms with Crippen LogP contribution in [0.4, 0.5) is 11.5 Å². The van der Waals surface area contributed by atoms with Crippen LogP contribution in [0.5, 0.6) is 0 Å². The van der Waals surface area contributed by atoms with E-state index in [9.17, 15) is 10.1 Å². The Labute approximate surface area is 127 Å². The Morgan fingerprint density at radius 3 is 2.91 bits per heavy atom. The summed E-state index contributed by atoms with van der Waals surface area (Å²) >= 11 is 0. The summed E-state index contributed by atoms with van der Waals surface area (Å²) in [4.78, 5) is 17.2. The molecule has 8 heteroatoms. The largest absolute Gasteiger partial charge is 0.361 e. The second-order valence-corrected chi connectivity index (χ2v) is 5.50. The van der Waals surface area contributed by atoms with Crippen LogP contribution in [0.1, 0.15) is 11.5 Å². The van der Waals surface area contributed by atoms with Gasteiger partial charge in [0.2, 0.25) is 0 Å². The van der Waals surface area contributed by atoms with Crippen molar-refractivity contribution < 1.29 is 19.3 Å². The van der Waals surface area contributed by atoms with Gasteiger partial charge in [-0.3, -0.25) is 10.1 Å². The fourth-order valence-electron chi connectivity index (χ4n) is 2.80. The number of quaternary nitrogens is 1. The van der Waals surface area contributed by atoms with E-state index >= 15 is 0 Å². The third kappa shape index (κ3) is 3.06. The smallest absolute Gasteiger partial charge is 0.357 e. The summed E-state index contributed by atoms with van der Waals surface area (Å²) in [6.07, 6.45) is 1.72. The summed E-state index contributed by atoms with van der Waals surface area (Å²) in [5.74, 6) is 1.41. The third-order valence-corrected chi connectivity index (χ3v) is 3.90. The van der Waals surface area contributed by atoms with Crippen molar-refractivity contribution in [3.8, 4) is 0 Å². The van der Waals surface area contributed by atoms with Gasteiger partial charge in [0.25, 0.3) is 0 Å². The number of aromatic nitrogens is 2. The Morgan fingerprint density at radius 2 is 2.27 bits per heavy atom. The average molecular weight is 305 g/mol. The van der Waals surface area contributed by atoms with E-state index in [2.05, 4.69) is 10.1 Å². The van der Waals surface area contributed by atoms with Crippen molar-refractivity contribution in [3.05, 3.63) is 46.0 Å². The molecule has 0 spiro atoms. The van der Waals surface area contributed by atoms with E-state index in [1.54, 1.807) is 12.3 Å². The van der Waals surface area contributed by atoms with Crippen LogP contribution in [-0.2, 0) is 6.54 Å². The Bertz CT molecular complexity index is 664. The molecule has 1 aliphatic rings. The van der Waals surface area contributed by atoms with E-state index in [4.69, 9.17) is 4.52 Å². The molecule has 3 heterocycles. The van der Waals surface area contributed by atoms with Gasteiger partial charge in [-0.15, -0.1) is 0 Å². The Balaban J connectivity index is 1.63. The van der Waals surface area contributed by atoms with Gasteiger partial charge in [0.05, 0.1) is 11.1 Å². The van der Waals surface area contributed by atoms with E-state index in [1.807, 2.05) is 17.9 Å². The van der Waals surface area contributed by atoms with Crippen LogP contribution in [0, 0.1) is 17.0 Å². The van der Waals surface area contributed by atoms with E-state index in [1.165, 1.54) is 11.0 Å². The number of nitrogens with one attached hydrogen (secondary N) is 2. The minimum absolute atomic E-state index is 0.123. The van der Waals surface area contributed by atoms with E-state index in [-0.39, 0.29) is 10.6 Å². The fourth-order valence-corrected chi connectivity index (χ4v) is 2.80. The van der Waals surface area contributed by atoms with Gasteiger partial charge < -0.3 is 9.42 Å². The number of anilines is 1. The first kappa shape index (κ1) is 14.5. The number of aryl methyl sites for hydroxylation is 1. The van der Waals surface area contributed by atoms with Gasteiger partial charge in [-0.2, -0.15) is 0 Å². The third-order valence-electron chi connectivity index (χ3n) is 3.90. The lowest BCUT2D eigenvalue weighted by Gasteiger charge is -2.27. The summed E-state index contributed by atoms with van der Waals surface area (Å²) in [5.41, 5.74) is 1.08. The molecule has 0 saturated carbocycles. The number of hydrogen-bond donors (Lipinski definition) is 1. The van der Waals surface area contributed by atoms with Gasteiger partial charge in [-0.1, -0.05) is 5.16 Å². The molecule has 0 atom stereocenters. The van der Waals surface area contributed by atoms with Crippen LogP contribution in [-0.4, -0.2) is 36.3 Å². The van der Waals surface area contributed by atoms with Crippen LogP contribution in [0.3, 0.4) is 0 Å². The maximum atomic E-state index is 11.1. The highest BCUT2D eigenvalue weighted by molar-refractivity contribution is 5.53. The van der Waals surface area contributed by atoms with Crippen LogP contribution in [0.15, 0.2) is 28.9 Å². The highest BCUT2D eigenvalue weighted by atomic mass is 16.6. The lowest BCUT2D eigenvalue weighted by Crippen LogP contribution is -3.13. The molecular formula is C14H19N5O3+2. The number of aromatic amines is 1. The van der Waals surface area contributed by atoms with Gasteiger partial charge >= 0.3 is 11.5 Å². The minimum Gasteiger partial charge on any atom is -0.361 e. The number of nitrogens with zero attached hydrogens (tertiary/aromatic N) is 3. The predicted molar refractivity (Wildman–Crippen MR) is 77.5 cm³/mol. The molecule has 2 aromatic rings. The van der Waals surface area contributed by atoms with Crippen molar-refractivity contribution in [1.29, 1.82) is 0 Å². The quantitative estimate of drug-likeness (QED) is 0.613. The molecule has 116 valence electrons. The number of rotatable bonds is 4. The van der Waals surface area contributed by atoms with E-state index < -0.39 is 0 Å². The highest BCUT2D eigenvalue weighted by Gasteiger charge is 2.32. The van der Waals surface area contributed by atoms with Gasteiger partial charge in [-0.25, -0.2) is 9.88 Å². The summed E-state index contributed by atoms with van der Waals surface area (Å²) in [7, 11) is 0. The second-order valence-electron chi connectivity index (χ2n) is 5.50. The number of pyridine rings is 1. The van der Waals surface area contributed by atoms with Crippen LogP contribution >= 0.6 is 0 Å². The van der Waals surface area contributed by atoms with Gasteiger partial charge in [0.1, 0.15) is 44.2 Å². The van der Waals surface area contributed by atoms with Crippen LogP contribution < -0.4 is 14.8 Å². The van der Waals surface area contributed by atoms with Crippen LogP contribution in [0.2, 0.25) is 0 Å². The zero-order chi connectivity index (χ0) is 15.5. The Hall–Kier alpha value is -2.48. The van der Waals surface area contributed by atoms with Gasteiger partial charge in [0, 0.05) is 12.1 Å². The van der Waals surface area contributed by atoms with Crippen molar-refractivity contribution in [2.75, 3.05) is 31.1 Å². The van der Waals surface area contributed by atoms with Gasteiger partial charge in [-0.05, 0) is 13.0 Å². The maximum Gasteiger partial charge on any atom is 0.357 e. The highest BCUT2D eigenvalue weighted by Crippen LogP contribution is 2.21. The molecule has 2 N–H and O–H groups in total. The first-order valence-corrected chi connectivity index (χ1v) is 7.29. The first-order valence-electron chi connectivity index (χ1n) is 7.29. The topological polar surface area (TPSA) is 91.0 Å². The van der Waals surface area contributed by atoms with Crippen molar-refractivity contribution in [2.24, 2.45) is 0 Å². The molecule has 8 nitrogen and oxygen atoms in total. The molecule has 1 aliphatic heterocycles. The molecule has 0 unspecified atom stereocenters. The maximum absolute atomic E-state index is 11.1. The number of H-pyrrole nitrogens is 1. The normalized spacial score (nSPS) is 16.0. The molecule has 1 saturated heterocycles. The molecular weight excluding hydrogens is 286 g/mol. The molecule has 0 aromatic carbocycles. The lowest BCUT2D eigenvalue weighted by atomic mass is 10.2. The molecule has 0 radical (unpaired) electrons.